The van der Waals surface area contributed by atoms with Crippen LogP contribution in [0.4, 0.5) is 0 Å². The van der Waals surface area contributed by atoms with Gasteiger partial charge < -0.3 is 4.74 Å². The summed E-state index contributed by atoms with van der Waals surface area (Å²) in [5.74, 6) is 0. The van der Waals surface area contributed by atoms with Crippen LogP contribution in [0.25, 0.3) is 0 Å². The Morgan fingerprint density at radius 2 is 1.47 bits per heavy atom. The van der Waals surface area contributed by atoms with Gasteiger partial charge in [-0.05, 0) is 12.8 Å². The zero-order valence-corrected chi connectivity index (χ0v) is 12.0. The van der Waals surface area contributed by atoms with Crippen LogP contribution < -0.4 is 0 Å². The highest BCUT2D eigenvalue weighted by Gasteiger charge is 2.03. The van der Waals surface area contributed by atoms with Crippen molar-refractivity contribution in [1.29, 1.82) is 0 Å². The fraction of sp³-hybridized carbons (Fsp3) is 0.875. The molecule has 0 aromatic heterocycles. The lowest BCUT2D eigenvalue weighted by Crippen LogP contribution is -2.10. The first-order valence-electron chi connectivity index (χ1n) is 7.59. The quantitative estimate of drug-likeness (QED) is 0.305. The average Bonchev–Trinajstić information content (AvgIpc) is 2.35. The molecule has 0 aromatic carbocycles. The molecule has 0 spiro atoms. The van der Waals surface area contributed by atoms with Gasteiger partial charge in [0.25, 0.3) is 0 Å². The zero-order chi connectivity index (χ0) is 12.8. The van der Waals surface area contributed by atoms with Gasteiger partial charge in [-0.25, -0.2) is 0 Å². The van der Waals surface area contributed by atoms with Crippen LogP contribution in [0.2, 0.25) is 0 Å². The molecule has 0 aliphatic rings. The van der Waals surface area contributed by atoms with Gasteiger partial charge >= 0.3 is 0 Å². The largest absolute Gasteiger partial charge is 0.374 e. The number of ether oxygens (including phenoxy) is 1. The van der Waals surface area contributed by atoms with Crippen LogP contribution in [0.15, 0.2) is 12.7 Å². The van der Waals surface area contributed by atoms with Crippen LogP contribution in [0.1, 0.15) is 78.1 Å². The van der Waals surface area contributed by atoms with E-state index in [1.54, 1.807) is 0 Å². The van der Waals surface area contributed by atoms with E-state index < -0.39 is 0 Å². The van der Waals surface area contributed by atoms with Crippen molar-refractivity contribution < 1.29 is 4.74 Å². The molecule has 0 aliphatic heterocycles. The molecular formula is C16H32O. The maximum absolute atomic E-state index is 5.76. The summed E-state index contributed by atoms with van der Waals surface area (Å²) in [7, 11) is 0. The van der Waals surface area contributed by atoms with Crippen molar-refractivity contribution in [3.05, 3.63) is 12.7 Å². The Hall–Kier alpha value is -0.300. The minimum absolute atomic E-state index is 0.289. The Morgan fingerprint density at radius 1 is 0.882 bits per heavy atom. The average molecular weight is 240 g/mol. The number of hydrogen-bond donors (Lipinski definition) is 0. The van der Waals surface area contributed by atoms with E-state index in [1.807, 2.05) is 6.08 Å². The lowest BCUT2D eigenvalue weighted by atomic mass is 10.1. The van der Waals surface area contributed by atoms with Crippen LogP contribution in [0.3, 0.4) is 0 Å². The molecule has 0 aliphatic carbocycles. The molecule has 0 fully saturated rings. The summed E-state index contributed by atoms with van der Waals surface area (Å²) in [6.45, 7) is 9.21. The van der Waals surface area contributed by atoms with Crippen LogP contribution in [0, 0.1) is 0 Å². The maximum atomic E-state index is 5.76. The minimum Gasteiger partial charge on any atom is -0.374 e. The van der Waals surface area contributed by atoms with E-state index in [9.17, 15) is 0 Å². The minimum atomic E-state index is 0.289. The van der Waals surface area contributed by atoms with Crippen molar-refractivity contribution in [2.75, 3.05) is 6.61 Å². The Balaban J connectivity index is 3.28. The zero-order valence-electron chi connectivity index (χ0n) is 12.0. The molecule has 102 valence electrons. The van der Waals surface area contributed by atoms with Crippen molar-refractivity contribution in [3.8, 4) is 0 Å². The third kappa shape index (κ3) is 12.0. The molecule has 1 nitrogen and oxygen atoms in total. The normalized spacial score (nSPS) is 12.6. The summed E-state index contributed by atoms with van der Waals surface area (Å²) in [5.41, 5.74) is 0. The molecule has 0 saturated carbocycles. The van der Waals surface area contributed by atoms with Crippen LogP contribution in [-0.4, -0.2) is 12.7 Å². The monoisotopic (exact) mass is 240 g/mol. The Labute approximate surface area is 109 Å². The number of hydrogen-bond acceptors (Lipinski definition) is 1. The van der Waals surface area contributed by atoms with E-state index in [1.165, 1.54) is 57.8 Å². The molecule has 0 amide bonds. The molecule has 0 N–H and O–H groups in total. The summed E-state index contributed by atoms with van der Waals surface area (Å²) in [6, 6.07) is 0. The summed E-state index contributed by atoms with van der Waals surface area (Å²) in [6.07, 6.45) is 15.4. The van der Waals surface area contributed by atoms with Gasteiger partial charge in [-0.3, -0.25) is 0 Å². The molecule has 0 radical (unpaired) electrons. The number of unbranched alkanes of at least 4 members (excludes halogenated alkanes) is 7. The highest BCUT2D eigenvalue weighted by molar-refractivity contribution is 4.79. The first-order valence-corrected chi connectivity index (χ1v) is 7.59. The Bertz CT molecular complexity index is 154. The molecule has 0 heterocycles. The van der Waals surface area contributed by atoms with E-state index in [0.29, 0.717) is 0 Å². The molecule has 0 saturated heterocycles. The summed E-state index contributed by atoms with van der Waals surface area (Å²) < 4.78 is 5.76. The van der Waals surface area contributed by atoms with E-state index in [4.69, 9.17) is 4.74 Å². The van der Waals surface area contributed by atoms with E-state index in [0.717, 1.165) is 13.0 Å². The molecule has 0 rings (SSSR count). The standard InChI is InChI=1S/C16H32O/c1-4-7-9-10-11-12-13-14-16(6-3)17-15-8-5-2/h6,16H,3-5,7-15H2,1-2H3. The summed E-state index contributed by atoms with van der Waals surface area (Å²) in [4.78, 5) is 0. The van der Waals surface area contributed by atoms with Gasteiger partial charge in [-0.1, -0.05) is 71.3 Å². The van der Waals surface area contributed by atoms with E-state index >= 15 is 0 Å². The van der Waals surface area contributed by atoms with Crippen LogP contribution >= 0.6 is 0 Å². The molecule has 1 heteroatoms. The highest BCUT2D eigenvalue weighted by atomic mass is 16.5. The second-order valence-electron chi connectivity index (χ2n) is 4.91. The highest BCUT2D eigenvalue weighted by Crippen LogP contribution is 2.12. The van der Waals surface area contributed by atoms with Gasteiger partial charge in [0.15, 0.2) is 0 Å². The smallest absolute Gasteiger partial charge is 0.0753 e. The van der Waals surface area contributed by atoms with Crippen molar-refractivity contribution >= 4 is 0 Å². The third-order valence-electron chi connectivity index (χ3n) is 3.18. The van der Waals surface area contributed by atoms with Gasteiger partial charge in [-0.15, -0.1) is 6.58 Å². The predicted molar refractivity (Wildman–Crippen MR) is 77.5 cm³/mol. The predicted octanol–water partition coefficient (Wildman–Crippen LogP) is 5.50. The lowest BCUT2D eigenvalue weighted by molar-refractivity contribution is 0.0756. The molecular weight excluding hydrogens is 208 g/mol. The molecule has 1 atom stereocenters. The van der Waals surface area contributed by atoms with Gasteiger partial charge in [0.05, 0.1) is 6.10 Å². The van der Waals surface area contributed by atoms with Gasteiger partial charge in [0, 0.05) is 6.61 Å². The summed E-state index contributed by atoms with van der Waals surface area (Å²) in [5, 5.41) is 0. The van der Waals surface area contributed by atoms with Gasteiger partial charge in [0.2, 0.25) is 0 Å². The topological polar surface area (TPSA) is 9.23 Å². The molecule has 0 bridgehead atoms. The third-order valence-corrected chi connectivity index (χ3v) is 3.18. The second-order valence-corrected chi connectivity index (χ2v) is 4.91. The second kappa shape index (κ2) is 13.8. The molecule has 0 aromatic rings. The van der Waals surface area contributed by atoms with Gasteiger partial charge in [-0.2, -0.15) is 0 Å². The fourth-order valence-electron chi connectivity index (χ4n) is 1.95. The summed E-state index contributed by atoms with van der Waals surface area (Å²) >= 11 is 0. The van der Waals surface area contributed by atoms with E-state index in [2.05, 4.69) is 20.4 Å². The van der Waals surface area contributed by atoms with Crippen LogP contribution in [0.5, 0.6) is 0 Å². The Morgan fingerprint density at radius 3 is 2.06 bits per heavy atom. The molecule has 1 unspecified atom stereocenters. The van der Waals surface area contributed by atoms with Crippen molar-refractivity contribution in [3.63, 3.8) is 0 Å². The van der Waals surface area contributed by atoms with Crippen LogP contribution in [-0.2, 0) is 4.74 Å². The number of rotatable bonds is 13. The van der Waals surface area contributed by atoms with Crippen molar-refractivity contribution in [2.45, 2.75) is 84.2 Å². The van der Waals surface area contributed by atoms with Gasteiger partial charge in [0.1, 0.15) is 0 Å². The fourth-order valence-corrected chi connectivity index (χ4v) is 1.95. The first-order chi connectivity index (χ1) is 8.35. The SMILES string of the molecule is C=CC(CCCCCCCCC)OCCCC. The maximum Gasteiger partial charge on any atom is 0.0753 e. The van der Waals surface area contributed by atoms with E-state index in [-0.39, 0.29) is 6.10 Å². The first kappa shape index (κ1) is 16.7. The molecule has 17 heavy (non-hydrogen) atoms. The van der Waals surface area contributed by atoms with Crippen molar-refractivity contribution in [2.24, 2.45) is 0 Å². The lowest BCUT2D eigenvalue weighted by Gasteiger charge is -2.13. The van der Waals surface area contributed by atoms with Crippen molar-refractivity contribution in [1.82, 2.24) is 0 Å². The Kier molecular flexibility index (Phi) is 13.5.